The number of amides is 2. The van der Waals surface area contributed by atoms with Crippen molar-refractivity contribution in [3.63, 3.8) is 0 Å². The van der Waals surface area contributed by atoms with Crippen LogP contribution in [0.15, 0.2) is 28.8 Å². The van der Waals surface area contributed by atoms with Gasteiger partial charge in [0.1, 0.15) is 12.3 Å². The van der Waals surface area contributed by atoms with Crippen LogP contribution in [0.25, 0.3) is 0 Å². The molecule has 0 fully saturated rings. The highest BCUT2D eigenvalue weighted by Crippen LogP contribution is 2.19. The van der Waals surface area contributed by atoms with E-state index in [0.717, 1.165) is 5.69 Å². The van der Waals surface area contributed by atoms with E-state index in [-0.39, 0.29) is 31.4 Å². The van der Waals surface area contributed by atoms with E-state index in [1.807, 2.05) is 6.92 Å². The van der Waals surface area contributed by atoms with Crippen molar-refractivity contribution in [2.45, 2.75) is 20.4 Å². The van der Waals surface area contributed by atoms with Gasteiger partial charge in [0.15, 0.2) is 5.82 Å². The average Bonchev–Trinajstić information content (AvgIpc) is 3.31. The van der Waals surface area contributed by atoms with Gasteiger partial charge in [0.2, 0.25) is 0 Å². The third kappa shape index (κ3) is 4.95. The summed E-state index contributed by atoms with van der Waals surface area (Å²) in [4.78, 5) is 28.3. The Hall–Kier alpha value is -3.40. The van der Waals surface area contributed by atoms with Crippen molar-refractivity contribution in [3.8, 4) is 5.75 Å². The number of aromatic nitrogens is 4. The van der Waals surface area contributed by atoms with Crippen molar-refractivity contribution in [3.05, 3.63) is 58.0 Å². The van der Waals surface area contributed by atoms with Gasteiger partial charge in [-0.15, -0.1) is 0 Å². The number of methoxy groups -OCH3 is 1. The molecule has 0 aliphatic heterocycles. The van der Waals surface area contributed by atoms with E-state index in [1.165, 1.54) is 7.11 Å². The zero-order chi connectivity index (χ0) is 21.7. The fraction of sp³-hybridized carbons (Fsp3) is 0.316. The molecule has 0 atom stereocenters. The second-order valence-electron chi connectivity index (χ2n) is 6.40. The van der Waals surface area contributed by atoms with Crippen molar-refractivity contribution in [1.82, 2.24) is 30.6 Å². The minimum Gasteiger partial charge on any atom is -0.497 e. The van der Waals surface area contributed by atoms with Crippen molar-refractivity contribution in [1.29, 1.82) is 0 Å². The zero-order valence-corrected chi connectivity index (χ0v) is 17.5. The predicted octanol–water partition coefficient (Wildman–Crippen LogP) is 1.75. The number of rotatable bonds is 8. The summed E-state index contributed by atoms with van der Waals surface area (Å²) in [5.41, 5.74) is 1.94. The van der Waals surface area contributed by atoms with Crippen LogP contribution in [0.3, 0.4) is 0 Å². The Morgan fingerprint density at radius 3 is 2.60 bits per heavy atom. The van der Waals surface area contributed by atoms with Crippen molar-refractivity contribution >= 4 is 23.4 Å². The van der Waals surface area contributed by atoms with Crippen molar-refractivity contribution < 1.29 is 18.8 Å². The van der Waals surface area contributed by atoms with Crippen LogP contribution in [-0.2, 0) is 6.54 Å². The number of carbonyl (C=O) groups is 2. The zero-order valence-electron chi connectivity index (χ0n) is 16.7. The van der Waals surface area contributed by atoms with E-state index in [4.69, 9.17) is 20.9 Å². The molecule has 3 aromatic rings. The van der Waals surface area contributed by atoms with Gasteiger partial charge in [-0.25, -0.2) is 0 Å². The summed E-state index contributed by atoms with van der Waals surface area (Å²) in [7, 11) is 1.53. The maximum atomic E-state index is 12.2. The Balaban J connectivity index is 1.47. The third-order valence-corrected chi connectivity index (χ3v) is 4.82. The Kier molecular flexibility index (Phi) is 6.68. The second kappa shape index (κ2) is 9.40. The number of benzene rings is 1. The van der Waals surface area contributed by atoms with Gasteiger partial charge in [0.05, 0.1) is 23.5 Å². The molecule has 0 bridgehead atoms. The lowest BCUT2D eigenvalue weighted by Crippen LogP contribution is -2.34. The maximum absolute atomic E-state index is 12.2. The first kappa shape index (κ1) is 21.3. The average molecular weight is 433 g/mol. The third-order valence-electron chi connectivity index (χ3n) is 4.27. The fourth-order valence-corrected chi connectivity index (χ4v) is 2.80. The first-order valence-electron chi connectivity index (χ1n) is 9.11. The number of carbonyl (C=O) groups excluding carboxylic acids is 2. The summed E-state index contributed by atoms with van der Waals surface area (Å²) < 4.78 is 11.7. The highest BCUT2D eigenvalue weighted by atomic mass is 35.5. The fourth-order valence-electron chi connectivity index (χ4n) is 2.67. The van der Waals surface area contributed by atoms with Gasteiger partial charge in [-0.1, -0.05) is 22.8 Å². The molecule has 0 spiro atoms. The minimum atomic E-state index is -0.532. The first-order valence-corrected chi connectivity index (χ1v) is 9.49. The molecule has 0 saturated heterocycles. The molecular weight excluding hydrogens is 412 g/mol. The van der Waals surface area contributed by atoms with Gasteiger partial charge in [-0.05, 0) is 32.0 Å². The van der Waals surface area contributed by atoms with Crippen LogP contribution < -0.4 is 15.4 Å². The summed E-state index contributed by atoms with van der Waals surface area (Å²) in [5.74, 6) is -0.0843. The van der Waals surface area contributed by atoms with Crippen LogP contribution in [0.5, 0.6) is 5.75 Å². The number of nitrogens with one attached hydrogen (secondary N) is 2. The molecule has 0 saturated carbocycles. The normalized spacial score (nSPS) is 10.7. The maximum Gasteiger partial charge on any atom is 0.316 e. The van der Waals surface area contributed by atoms with Gasteiger partial charge < -0.3 is 19.9 Å². The molecule has 0 radical (unpaired) electrons. The van der Waals surface area contributed by atoms with E-state index in [0.29, 0.717) is 27.9 Å². The van der Waals surface area contributed by atoms with Crippen LogP contribution in [0.4, 0.5) is 0 Å². The lowest BCUT2D eigenvalue weighted by atomic mass is 10.2. The van der Waals surface area contributed by atoms with Gasteiger partial charge in [-0.3, -0.25) is 14.3 Å². The van der Waals surface area contributed by atoms with Crippen LogP contribution in [0.2, 0.25) is 5.02 Å². The summed E-state index contributed by atoms with van der Waals surface area (Å²) >= 11 is 6.12. The molecule has 158 valence electrons. The van der Waals surface area contributed by atoms with Gasteiger partial charge in [-0.2, -0.15) is 10.1 Å². The SMILES string of the molecule is COc1cccc(C(=O)NCCNC(=O)c2nc(Cn3nc(C)c(Cl)c3C)no2)c1. The smallest absolute Gasteiger partial charge is 0.316 e. The van der Waals surface area contributed by atoms with E-state index >= 15 is 0 Å². The molecule has 2 amide bonds. The summed E-state index contributed by atoms with van der Waals surface area (Å²) in [6, 6.07) is 6.78. The van der Waals surface area contributed by atoms with Gasteiger partial charge in [0, 0.05) is 18.7 Å². The number of halogens is 1. The summed E-state index contributed by atoms with van der Waals surface area (Å²) in [5, 5.41) is 14.0. The van der Waals surface area contributed by atoms with Crippen molar-refractivity contribution in [2.24, 2.45) is 0 Å². The highest BCUT2D eigenvalue weighted by Gasteiger charge is 2.17. The molecule has 0 aliphatic rings. The molecule has 2 aromatic heterocycles. The van der Waals surface area contributed by atoms with Gasteiger partial charge in [0.25, 0.3) is 5.91 Å². The highest BCUT2D eigenvalue weighted by molar-refractivity contribution is 6.31. The number of ether oxygens (including phenoxy) is 1. The molecule has 2 N–H and O–H groups in total. The topological polar surface area (TPSA) is 124 Å². The summed E-state index contributed by atoms with van der Waals surface area (Å²) in [6.45, 7) is 4.28. The quantitative estimate of drug-likeness (QED) is 0.519. The molecule has 11 heteroatoms. The number of hydrogen-bond acceptors (Lipinski definition) is 7. The van der Waals surface area contributed by atoms with E-state index in [2.05, 4.69) is 25.9 Å². The predicted molar refractivity (Wildman–Crippen MR) is 108 cm³/mol. The van der Waals surface area contributed by atoms with E-state index in [1.54, 1.807) is 35.9 Å². The monoisotopic (exact) mass is 432 g/mol. The Labute approximate surface area is 177 Å². The largest absolute Gasteiger partial charge is 0.497 e. The van der Waals surface area contributed by atoms with Crippen LogP contribution >= 0.6 is 11.6 Å². The lowest BCUT2D eigenvalue weighted by molar-refractivity contribution is 0.0898. The minimum absolute atomic E-state index is 0.170. The van der Waals surface area contributed by atoms with E-state index < -0.39 is 5.91 Å². The Morgan fingerprint density at radius 1 is 1.20 bits per heavy atom. The van der Waals surface area contributed by atoms with Crippen LogP contribution in [0.1, 0.15) is 38.3 Å². The molecular formula is C19H21ClN6O4. The van der Waals surface area contributed by atoms with Crippen LogP contribution in [-0.4, -0.2) is 51.9 Å². The standard InChI is InChI=1S/C19H21ClN6O4/c1-11-16(20)12(2)26(24-11)10-15-23-19(30-25-15)18(28)22-8-7-21-17(27)13-5-4-6-14(9-13)29-3/h4-6,9H,7-8,10H2,1-3H3,(H,21,27)(H,22,28). The second-order valence-corrected chi connectivity index (χ2v) is 6.78. The molecule has 2 heterocycles. The Morgan fingerprint density at radius 2 is 1.93 bits per heavy atom. The molecule has 1 aromatic carbocycles. The first-order chi connectivity index (χ1) is 14.4. The van der Waals surface area contributed by atoms with Gasteiger partial charge >= 0.3 is 11.8 Å². The Bertz CT molecular complexity index is 1060. The van der Waals surface area contributed by atoms with E-state index in [9.17, 15) is 9.59 Å². The van der Waals surface area contributed by atoms with Crippen LogP contribution in [0, 0.1) is 13.8 Å². The lowest BCUT2D eigenvalue weighted by Gasteiger charge is -2.07. The number of hydrogen-bond donors (Lipinski definition) is 2. The molecule has 3 rings (SSSR count). The van der Waals surface area contributed by atoms with Crippen molar-refractivity contribution in [2.75, 3.05) is 20.2 Å². The molecule has 0 aliphatic carbocycles. The number of aryl methyl sites for hydroxylation is 1. The summed E-state index contributed by atoms with van der Waals surface area (Å²) in [6.07, 6.45) is 0. The molecule has 10 nitrogen and oxygen atoms in total. The molecule has 30 heavy (non-hydrogen) atoms. The number of nitrogens with zero attached hydrogens (tertiary/aromatic N) is 4. The molecule has 0 unspecified atom stereocenters.